The van der Waals surface area contributed by atoms with Crippen LogP contribution in [0.3, 0.4) is 0 Å². The number of rotatable bonds is 4. The Morgan fingerprint density at radius 2 is 2.44 bits per heavy atom. The van der Waals surface area contributed by atoms with Gasteiger partial charge in [-0.3, -0.25) is 4.79 Å². The van der Waals surface area contributed by atoms with Crippen molar-refractivity contribution in [2.45, 2.75) is 19.4 Å². The maximum Gasteiger partial charge on any atom is 0.243 e. The van der Waals surface area contributed by atoms with Gasteiger partial charge in [-0.05, 0) is 19.1 Å². The zero-order chi connectivity index (χ0) is 11.5. The van der Waals surface area contributed by atoms with Crippen LogP contribution in [0.2, 0.25) is 0 Å². The Morgan fingerprint density at radius 1 is 1.62 bits per heavy atom. The van der Waals surface area contributed by atoms with E-state index < -0.39 is 0 Å². The van der Waals surface area contributed by atoms with Gasteiger partial charge in [0.25, 0.3) is 0 Å². The van der Waals surface area contributed by atoms with E-state index in [-0.39, 0.29) is 18.4 Å². The van der Waals surface area contributed by atoms with Crippen molar-refractivity contribution in [3.8, 4) is 0 Å². The maximum atomic E-state index is 10.7. The number of fused-ring (bicyclic) bond motifs is 1. The molecule has 0 fully saturated rings. The number of nitrogens with one attached hydrogen (secondary N) is 1. The molecule has 0 saturated carbocycles. The van der Waals surface area contributed by atoms with E-state index in [0.717, 1.165) is 5.65 Å². The number of amides is 1. The standard InChI is InChI=1S/C10H13N5O/c1-7(6-8(11)16)12-10-13-9-4-2-3-5-15(9)14-10/h2-5,7H,6H2,1H3,(H2,11,16)(H,12,14). The summed E-state index contributed by atoms with van der Waals surface area (Å²) in [6, 6.07) is 5.55. The lowest BCUT2D eigenvalue weighted by molar-refractivity contribution is -0.118. The highest BCUT2D eigenvalue weighted by atomic mass is 16.1. The molecule has 6 heteroatoms. The molecule has 16 heavy (non-hydrogen) atoms. The quantitative estimate of drug-likeness (QED) is 0.779. The van der Waals surface area contributed by atoms with Gasteiger partial charge < -0.3 is 11.1 Å². The largest absolute Gasteiger partial charge is 0.370 e. The van der Waals surface area contributed by atoms with Crippen LogP contribution in [0, 0.1) is 0 Å². The maximum absolute atomic E-state index is 10.7. The zero-order valence-corrected chi connectivity index (χ0v) is 8.92. The van der Waals surface area contributed by atoms with Crippen molar-refractivity contribution in [2.75, 3.05) is 5.32 Å². The number of nitrogens with two attached hydrogens (primary N) is 1. The molecule has 0 aliphatic rings. The molecular weight excluding hydrogens is 206 g/mol. The van der Waals surface area contributed by atoms with Gasteiger partial charge in [0.1, 0.15) is 0 Å². The molecule has 0 spiro atoms. The third kappa shape index (κ3) is 2.28. The number of anilines is 1. The molecule has 0 saturated heterocycles. The van der Waals surface area contributed by atoms with Crippen LogP contribution in [0.5, 0.6) is 0 Å². The predicted octanol–water partition coefficient (Wildman–Crippen LogP) is 0.405. The molecule has 2 rings (SSSR count). The molecule has 0 aromatic carbocycles. The molecule has 3 N–H and O–H groups in total. The second kappa shape index (κ2) is 4.18. The van der Waals surface area contributed by atoms with Crippen LogP contribution >= 0.6 is 0 Å². The van der Waals surface area contributed by atoms with E-state index in [0.29, 0.717) is 5.95 Å². The van der Waals surface area contributed by atoms with Crippen molar-refractivity contribution in [1.29, 1.82) is 0 Å². The Hall–Kier alpha value is -2.11. The topological polar surface area (TPSA) is 85.3 Å². The Kier molecular flexibility index (Phi) is 2.72. The molecule has 2 aromatic rings. The summed E-state index contributed by atoms with van der Waals surface area (Å²) in [4.78, 5) is 15.0. The fourth-order valence-corrected chi connectivity index (χ4v) is 1.47. The molecule has 0 radical (unpaired) electrons. The first kappa shape index (κ1) is 10.4. The van der Waals surface area contributed by atoms with E-state index in [9.17, 15) is 4.79 Å². The first-order valence-electron chi connectivity index (χ1n) is 5.01. The SMILES string of the molecule is CC(CC(N)=O)Nc1nc2ccccn2n1. The molecule has 1 unspecified atom stereocenters. The van der Waals surface area contributed by atoms with Crippen LogP contribution in [0.4, 0.5) is 5.95 Å². The van der Waals surface area contributed by atoms with Crippen LogP contribution in [-0.4, -0.2) is 26.5 Å². The van der Waals surface area contributed by atoms with Gasteiger partial charge in [-0.2, -0.15) is 4.98 Å². The summed E-state index contributed by atoms with van der Waals surface area (Å²) in [5.41, 5.74) is 5.86. The van der Waals surface area contributed by atoms with Crippen molar-refractivity contribution in [2.24, 2.45) is 5.73 Å². The molecule has 1 amide bonds. The van der Waals surface area contributed by atoms with E-state index in [1.165, 1.54) is 0 Å². The first-order valence-corrected chi connectivity index (χ1v) is 5.01. The Labute approximate surface area is 92.5 Å². The lowest BCUT2D eigenvalue weighted by atomic mass is 10.2. The van der Waals surface area contributed by atoms with Crippen molar-refractivity contribution >= 4 is 17.5 Å². The van der Waals surface area contributed by atoms with Gasteiger partial charge in [-0.15, -0.1) is 5.10 Å². The number of carbonyl (C=O) groups excluding carboxylic acids is 1. The molecule has 2 aromatic heterocycles. The molecule has 2 heterocycles. The van der Waals surface area contributed by atoms with Crippen molar-refractivity contribution < 1.29 is 4.79 Å². The number of aromatic nitrogens is 3. The Bertz CT molecular complexity index is 474. The van der Waals surface area contributed by atoms with Crippen molar-refractivity contribution in [3.63, 3.8) is 0 Å². The van der Waals surface area contributed by atoms with Gasteiger partial charge in [0.05, 0.1) is 0 Å². The summed E-state index contributed by atoms with van der Waals surface area (Å²) in [5, 5.41) is 7.22. The normalized spacial score (nSPS) is 12.6. The van der Waals surface area contributed by atoms with Crippen LogP contribution in [0.15, 0.2) is 24.4 Å². The molecule has 1 atom stereocenters. The highest BCUT2D eigenvalue weighted by Gasteiger charge is 2.09. The number of hydrogen-bond acceptors (Lipinski definition) is 4. The summed E-state index contributed by atoms with van der Waals surface area (Å²) in [6.45, 7) is 1.86. The lowest BCUT2D eigenvalue weighted by Gasteiger charge is -2.08. The molecule has 0 bridgehead atoms. The van der Waals surface area contributed by atoms with E-state index in [2.05, 4.69) is 15.4 Å². The number of hydrogen-bond donors (Lipinski definition) is 2. The highest BCUT2D eigenvalue weighted by molar-refractivity contribution is 5.74. The summed E-state index contributed by atoms with van der Waals surface area (Å²) in [7, 11) is 0. The minimum Gasteiger partial charge on any atom is -0.370 e. The second-order valence-corrected chi connectivity index (χ2v) is 3.65. The number of carbonyl (C=O) groups is 1. The summed E-state index contributed by atoms with van der Waals surface area (Å²) < 4.78 is 1.67. The zero-order valence-electron chi connectivity index (χ0n) is 8.92. The van der Waals surface area contributed by atoms with Gasteiger partial charge in [0, 0.05) is 18.7 Å². The molecule has 84 valence electrons. The summed E-state index contributed by atoms with van der Waals surface area (Å²) in [6.07, 6.45) is 2.07. The Balaban J connectivity index is 2.12. The van der Waals surface area contributed by atoms with E-state index in [1.54, 1.807) is 4.52 Å². The van der Waals surface area contributed by atoms with Crippen LogP contribution in [0.1, 0.15) is 13.3 Å². The fourth-order valence-electron chi connectivity index (χ4n) is 1.47. The lowest BCUT2D eigenvalue weighted by Crippen LogP contribution is -2.24. The van der Waals surface area contributed by atoms with E-state index in [1.807, 2.05) is 31.3 Å². The Morgan fingerprint density at radius 3 is 3.12 bits per heavy atom. The first-order chi connectivity index (χ1) is 7.65. The van der Waals surface area contributed by atoms with Gasteiger partial charge in [-0.1, -0.05) is 6.07 Å². The molecular formula is C10H13N5O. The van der Waals surface area contributed by atoms with Crippen LogP contribution in [-0.2, 0) is 4.79 Å². The average molecular weight is 219 g/mol. The van der Waals surface area contributed by atoms with Crippen molar-refractivity contribution in [1.82, 2.24) is 14.6 Å². The smallest absolute Gasteiger partial charge is 0.243 e. The minimum atomic E-state index is -0.344. The molecule has 6 nitrogen and oxygen atoms in total. The predicted molar refractivity (Wildman–Crippen MR) is 59.9 cm³/mol. The minimum absolute atomic E-state index is 0.0742. The third-order valence-electron chi connectivity index (χ3n) is 2.12. The number of pyridine rings is 1. The van der Waals surface area contributed by atoms with Crippen LogP contribution in [0.25, 0.3) is 5.65 Å². The molecule has 0 aliphatic heterocycles. The number of primary amides is 1. The average Bonchev–Trinajstić information content (AvgIpc) is 2.57. The second-order valence-electron chi connectivity index (χ2n) is 3.65. The van der Waals surface area contributed by atoms with E-state index >= 15 is 0 Å². The van der Waals surface area contributed by atoms with Crippen molar-refractivity contribution in [3.05, 3.63) is 24.4 Å². The number of nitrogens with zero attached hydrogens (tertiary/aromatic N) is 3. The van der Waals surface area contributed by atoms with Crippen LogP contribution < -0.4 is 11.1 Å². The van der Waals surface area contributed by atoms with Gasteiger partial charge in [0.2, 0.25) is 11.9 Å². The van der Waals surface area contributed by atoms with Gasteiger partial charge in [0.15, 0.2) is 5.65 Å². The van der Waals surface area contributed by atoms with E-state index in [4.69, 9.17) is 5.73 Å². The monoisotopic (exact) mass is 219 g/mol. The highest BCUT2D eigenvalue weighted by Crippen LogP contribution is 2.06. The van der Waals surface area contributed by atoms with Gasteiger partial charge in [-0.25, -0.2) is 4.52 Å². The summed E-state index contributed by atoms with van der Waals surface area (Å²) in [5.74, 6) is 0.156. The fraction of sp³-hybridized carbons (Fsp3) is 0.300. The third-order valence-corrected chi connectivity index (χ3v) is 2.12. The summed E-state index contributed by atoms with van der Waals surface area (Å²) >= 11 is 0. The van der Waals surface area contributed by atoms with Gasteiger partial charge >= 0.3 is 0 Å². The molecule has 0 aliphatic carbocycles.